The molecule has 0 amide bonds. The van der Waals surface area contributed by atoms with E-state index in [1.54, 1.807) is 0 Å². The van der Waals surface area contributed by atoms with E-state index in [1.165, 1.54) is 18.4 Å². The molecule has 3 N–H and O–H groups in total. The van der Waals surface area contributed by atoms with Crippen LogP contribution in [-0.2, 0) is 4.79 Å². The highest BCUT2D eigenvalue weighted by molar-refractivity contribution is 5.66. The van der Waals surface area contributed by atoms with Crippen molar-refractivity contribution in [3.05, 3.63) is 11.6 Å². The van der Waals surface area contributed by atoms with Gasteiger partial charge in [0.15, 0.2) is 0 Å². The fraction of sp³-hybridized carbons (Fsp3) is 0.800. The molecule has 2 unspecified atom stereocenters. The number of aliphatic carboxylic acids is 1. The second-order valence-electron chi connectivity index (χ2n) is 9.64. The van der Waals surface area contributed by atoms with Crippen molar-refractivity contribution in [2.45, 2.75) is 96.2 Å². The van der Waals surface area contributed by atoms with Gasteiger partial charge in [-0.05, 0) is 69.1 Å². The minimum absolute atomic E-state index is 0.0832. The van der Waals surface area contributed by atoms with Crippen molar-refractivity contribution in [1.82, 2.24) is 0 Å². The predicted octanol–water partition coefficient (Wildman–Crippen LogP) is 4.55. The molecular weight excluding hydrogens is 364 g/mol. The van der Waals surface area contributed by atoms with Gasteiger partial charge in [-0.25, -0.2) is 0 Å². The third-order valence-corrected chi connectivity index (χ3v) is 7.64. The Labute approximate surface area is 175 Å². The highest BCUT2D eigenvalue weighted by Gasteiger charge is 2.52. The number of aliphatic hydroxyl groups excluding tert-OH is 1. The van der Waals surface area contributed by atoms with Crippen LogP contribution < -0.4 is 0 Å². The summed E-state index contributed by atoms with van der Waals surface area (Å²) in [7, 11) is 0. The molecule has 3 rings (SSSR count). The van der Waals surface area contributed by atoms with E-state index in [1.807, 2.05) is 6.92 Å². The van der Waals surface area contributed by atoms with Crippen LogP contribution in [0, 0.1) is 41.4 Å². The van der Waals surface area contributed by atoms with Crippen molar-refractivity contribution in [3.8, 4) is 11.8 Å². The van der Waals surface area contributed by atoms with Crippen LogP contribution in [0.4, 0.5) is 0 Å². The van der Waals surface area contributed by atoms with Gasteiger partial charge in [-0.15, -0.1) is 0 Å². The van der Waals surface area contributed by atoms with Gasteiger partial charge in [0.05, 0.1) is 12.0 Å². The zero-order chi connectivity index (χ0) is 21.0. The van der Waals surface area contributed by atoms with Gasteiger partial charge in [0, 0.05) is 6.42 Å². The molecule has 3 aliphatic rings. The lowest BCUT2D eigenvalue weighted by Crippen LogP contribution is -2.51. The molecule has 0 radical (unpaired) electrons. The second-order valence-corrected chi connectivity index (χ2v) is 9.64. The fourth-order valence-corrected chi connectivity index (χ4v) is 5.99. The van der Waals surface area contributed by atoms with Crippen LogP contribution in [-0.4, -0.2) is 33.0 Å². The minimum atomic E-state index is -0.966. The summed E-state index contributed by atoms with van der Waals surface area (Å²) in [6.45, 7) is 4.03. The van der Waals surface area contributed by atoms with Gasteiger partial charge in [-0.3, -0.25) is 4.79 Å². The Hall–Kier alpha value is -1.31. The molecule has 0 heterocycles. The Morgan fingerprint density at radius 3 is 2.62 bits per heavy atom. The molecule has 3 aliphatic carbocycles. The summed E-state index contributed by atoms with van der Waals surface area (Å²) >= 11 is 0. The van der Waals surface area contributed by atoms with Crippen LogP contribution in [0.3, 0.4) is 0 Å². The van der Waals surface area contributed by atoms with Crippen molar-refractivity contribution in [2.24, 2.45) is 29.6 Å². The molecule has 29 heavy (non-hydrogen) atoms. The smallest absolute Gasteiger partial charge is 0.303 e. The summed E-state index contributed by atoms with van der Waals surface area (Å²) < 4.78 is 0. The Morgan fingerprint density at radius 2 is 1.97 bits per heavy atom. The standard InChI is InChI=1S/C25H38O4/c1-3-4-10-19-18(11-7-12-23(27)28)20-13-14-22(26)21(24(19)20)15-16-25(2,29)17-8-5-6-9-17/h11,17,19-22,24,26,29H,3-10,12-14H2,1-2H3,(H,27,28)/b18-11-/t19?,20-,21+,22-,24+,25?/m0/s1. The van der Waals surface area contributed by atoms with Gasteiger partial charge in [0.25, 0.3) is 0 Å². The van der Waals surface area contributed by atoms with Crippen LogP contribution in [0.2, 0.25) is 0 Å². The van der Waals surface area contributed by atoms with Gasteiger partial charge >= 0.3 is 5.97 Å². The molecule has 0 bridgehead atoms. The molecule has 4 nitrogen and oxygen atoms in total. The van der Waals surface area contributed by atoms with Crippen molar-refractivity contribution >= 4 is 5.97 Å². The molecule has 3 fully saturated rings. The quantitative estimate of drug-likeness (QED) is 0.431. The predicted molar refractivity (Wildman–Crippen MR) is 114 cm³/mol. The van der Waals surface area contributed by atoms with Crippen molar-refractivity contribution in [1.29, 1.82) is 0 Å². The summed E-state index contributed by atoms with van der Waals surface area (Å²) in [5, 5.41) is 30.6. The van der Waals surface area contributed by atoms with Crippen LogP contribution >= 0.6 is 0 Å². The van der Waals surface area contributed by atoms with Crippen LogP contribution in [0.5, 0.6) is 0 Å². The van der Waals surface area contributed by atoms with Crippen LogP contribution in [0.15, 0.2) is 11.6 Å². The Balaban J connectivity index is 1.77. The Kier molecular flexibility index (Phi) is 7.46. The van der Waals surface area contributed by atoms with Crippen molar-refractivity contribution in [2.75, 3.05) is 0 Å². The molecule has 3 saturated carbocycles. The maximum absolute atomic E-state index is 10.9. The van der Waals surface area contributed by atoms with E-state index in [4.69, 9.17) is 5.11 Å². The first-order valence-corrected chi connectivity index (χ1v) is 11.7. The highest BCUT2D eigenvalue weighted by Crippen LogP contribution is 2.57. The molecule has 0 aromatic carbocycles. The average molecular weight is 403 g/mol. The molecule has 0 aromatic heterocycles. The molecule has 0 aliphatic heterocycles. The summed E-state index contributed by atoms with van der Waals surface area (Å²) in [6, 6.07) is 0. The number of carbonyl (C=O) groups is 1. The molecule has 4 heteroatoms. The zero-order valence-corrected chi connectivity index (χ0v) is 18.1. The average Bonchev–Trinajstić information content (AvgIpc) is 3.21. The molecule has 0 aromatic rings. The summed E-state index contributed by atoms with van der Waals surface area (Å²) in [5.41, 5.74) is 0.442. The Morgan fingerprint density at radius 1 is 1.24 bits per heavy atom. The number of rotatable bonds is 7. The number of hydrogen-bond acceptors (Lipinski definition) is 3. The summed E-state index contributed by atoms with van der Waals surface area (Å²) in [5.74, 6) is 7.11. The highest BCUT2D eigenvalue weighted by atomic mass is 16.4. The van der Waals surface area contributed by atoms with E-state index < -0.39 is 17.7 Å². The van der Waals surface area contributed by atoms with Gasteiger partial charge in [0.1, 0.15) is 5.60 Å². The lowest BCUT2D eigenvalue weighted by atomic mass is 9.50. The van der Waals surface area contributed by atoms with E-state index in [9.17, 15) is 15.0 Å². The van der Waals surface area contributed by atoms with Gasteiger partial charge in [-0.2, -0.15) is 0 Å². The van der Waals surface area contributed by atoms with Crippen molar-refractivity contribution < 1.29 is 20.1 Å². The lowest BCUT2D eigenvalue weighted by molar-refractivity contribution is -0.136. The topological polar surface area (TPSA) is 77.8 Å². The van der Waals surface area contributed by atoms with Gasteiger partial charge in [0.2, 0.25) is 0 Å². The minimum Gasteiger partial charge on any atom is -0.481 e. The first-order chi connectivity index (χ1) is 13.8. The number of hydrogen-bond donors (Lipinski definition) is 3. The molecule has 0 spiro atoms. The number of carboxylic acids is 1. The normalized spacial score (nSPS) is 35.3. The first kappa shape index (κ1) is 22.4. The van der Waals surface area contributed by atoms with Gasteiger partial charge in [-0.1, -0.05) is 56.1 Å². The molecule has 162 valence electrons. The molecule has 0 saturated heterocycles. The zero-order valence-electron chi connectivity index (χ0n) is 18.1. The third kappa shape index (κ3) is 5.06. The summed E-state index contributed by atoms with van der Waals surface area (Å²) in [4.78, 5) is 10.9. The molecular formula is C25H38O4. The van der Waals surface area contributed by atoms with Crippen LogP contribution in [0.1, 0.15) is 84.5 Å². The number of fused-ring (bicyclic) bond motifs is 1. The van der Waals surface area contributed by atoms with Crippen LogP contribution in [0.25, 0.3) is 0 Å². The number of allylic oxidation sites excluding steroid dienone is 2. The SMILES string of the molecule is CCCCC1/C(=C/CCC(=O)O)[C@@H]2CC[C@H](O)[C@@H](C#CC(C)(O)C3CCCC3)[C@H]12. The monoisotopic (exact) mass is 402 g/mol. The molecule has 6 atom stereocenters. The van der Waals surface area contributed by atoms with Gasteiger partial charge < -0.3 is 15.3 Å². The second kappa shape index (κ2) is 9.67. The summed E-state index contributed by atoms with van der Waals surface area (Å²) in [6.07, 6.45) is 12.0. The number of unbranched alkanes of at least 4 members (excludes halogenated alkanes) is 1. The maximum Gasteiger partial charge on any atom is 0.303 e. The first-order valence-electron chi connectivity index (χ1n) is 11.7. The Bertz CT molecular complexity index is 662. The maximum atomic E-state index is 10.9. The van der Waals surface area contributed by atoms with E-state index >= 15 is 0 Å². The largest absolute Gasteiger partial charge is 0.481 e. The number of aliphatic hydroxyl groups is 2. The van der Waals surface area contributed by atoms with Crippen molar-refractivity contribution in [3.63, 3.8) is 0 Å². The van der Waals surface area contributed by atoms with E-state index in [-0.39, 0.29) is 18.3 Å². The van der Waals surface area contributed by atoms with E-state index in [0.29, 0.717) is 24.2 Å². The fourth-order valence-electron chi connectivity index (χ4n) is 5.99. The lowest BCUT2D eigenvalue weighted by Gasteiger charge is -2.55. The number of carboxylic acid groups (broad SMARTS) is 1. The third-order valence-electron chi connectivity index (χ3n) is 7.64. The van der Waals surface area contributed by atoms with E-state index in [2.05, 4.69) is 24.8 Å². The van der Waals surface area contributed by atoms with E-state index in [0.717, 1.165) is 44.9 Å².